The van der Waals surface area contributed by atoms with Gasteiger partial charge in [0.05, 0.1) is 35.0 Å². The Morgan fingerprint density at radius 1 is 1.31 bits per heavy atom. The van der Waals surface area contributed by atoms with Crippen molar-refractivity contribution in [3.63, 3.8) is 0 Å². The van der Waals surface area contributed by atoms with Crippen molar-refractivity contribution >= 4 is 5.91 Å². The molecule has 2 aromatic heterocycles. The summed E-state index contributed by atoms with van der Waals surface area (Å²) in [4.78, 5) is 19.9. The van der Waals surface area contributed by atoms with E-state index in [4.69, 9.17) is 0 Å². The summed E-state index contributed by atoms with van der Waals surface area (Å²) in [5.74, 6) is -0.0196. The van der Waals surface area contributed by atoms with Crippen molar-refractivity contribution in [2.45, 2.75) is 57.7 Å². The third-order valence-corrected chi connectivity index (χ3v) is 5.71. The summed E-state index contributed by atoms with van der Waals surface area (Å²) in [6.07, 6.45) is 6.48. The molecule has 140 valence electrons. The van der Waals surface area contributed by atoms with E-state index in [0.717, 1.165) is 55.3 Å². The second kappa shape index (κ2) is 6.87. The molecule has 0 saturated heterocycles. The number of imidazole rings is 1. The number of rotatable bonds is 4. The fraction of sp³-hybridized carbons (Fsp3) is 0.632. The van der Waals surface area contributed by atoms with Crippen LogP contribution in [0.4, 0.5) is 0 Å². The number of carbonyl (C=O) groups is 1. The largest absolute Gasteiger partial charge is 0.353 e. The highest BCUT2D eigenvalue weighted by Gasteiger charge is 2.35. The Balaban J connectivity index is 1.54. The summed E-state index contributed by atoms with van der Waals surface area (Å²) in [5, 5.41) is 7.72. The van der Waals surface area contributed by atoms with Gasteiger partial charge < -0.3 is 9.88 Å². The van der Waals surface area contributed by atoms with Crippen molar-refractivity contribution in [1.82, 2.24) is 29.5 Å². The molecule has 7 nitrogen and oxygen atoms in total. The quantitative estimate of drug-likeness (QED) is 0.904. The molecule has 0 spiro atoms. The normalized spacial score (nSPS) is 21.1. The van der Waals surface area contributed by atoms with Gasteiger partial charge in [-0.15, -0.1) is 0 Å². The van der Waals surface area contributed by atoms with Crippen LogP contribution in [0.1, 0.15) is 54.4 Å². The van der Waals surface area contributed by atoms with Crippen molar-refractivity contribution in [3.8, 4) is 0 Å². The van der Waals surface area contributed by atoms with E-state index in [1.54, 1.807) is 0 Å². The van der Waals surface area contributed by atoms with Crippen LogP contribution in [0.5, 0.6) is 0 Å². The molecule has 1 aliphatic heterocycles. The zero-order valence-corrected chi connectivity index (χ0v) is 15.9. The molecule has 26 heavy (non-hydrogen) atoms. The number of aryl methyl sites for hydroxylation is 3. The number of hydrogen-bond acceptors (Lipinski definition) is 4. The first-order valence-corrected chi connectivity index (χ1v) is 9.53. The number of carbonyl (C=O) groups excluding carboxylic acids is 1. The predicted octanol–water partition coefficient (Wildman–Crippen LogP) is 1.62. The number of nitrogens with one attached hydrogen (secondary N) is 1. The number of amides is 1. The summed E-state index contributed by atoms with van der Waals surface area (Å²) >= 11 is 0. The molecule has 0 aromatic carbocycles. The van der Waals surface area contributed by atoms with Crippen molar-refractivity contribution in [3.05, 3.63) is 35.2 Å². The van der Waals surface area contributed by atoms with Crippen molar-refractivity contribution in [2.75, 3.05) is 6.54 Å². The van der Waals surface area contributed by atoms with Crippen LogP contribution in [-0.2, 0) is 32.0 Å². The number of fused-ring (bicyclic) bond motifs is 1. The first-order valence-electron chi connectivity index (χ1n) is 9.53. The Bertz CT molecular complexity index is 801. The maximum Gasteiger partial charge on any atom is 0.230 e. The van der Waals surface area contributed by atoms with Crippen LogP contribution in [0.2, 0.25) is 0 Å². The maximum atomic E-state index is 13.0. The number of hydrogen-bond donors (Lipinski definition) is 1. The van der Waals surface area contributed by atoms with Gasteiger partial charge in [0.1, 0.15) is 0 Å². The van der Waals surface area contributed by atoms with Crippen molar-refractivity contribution in [2.24, 2.45) is 14.1 Å². The third kappa shape index (κ3) is 3.28. The molecule has 3 heterocycles. The van der Waals surface area contributed by atoms with Crippen LogP contribution >= 0.6 is 0 Å². The molecule has 2 aliphatic rings. The predicted molar refractivity (Wildman–Crippen MR) is 98.4 cm³/mol. The van der Waals surface area contributed by atoms with Gasteiger partial charge in [0.25, 0.3) is 0 Å². The Morgan fingerprint density at radius 3 is 2.77 bits per heavy atom. The van der Waals surface area contributed by atoms with E-state index >= 15 is 0 Å². The van der Waals surface area contributed by atoms with Crippen LogP contribution in [0.15, 0.2) is 12.4 Å². The van der Waals surface area contributed by atoms with Crippen LogP contribution in [0, 0.1) is 6.92 Å². The van der Waals surface area contributed by atoms with Gasteiger partial charge in [0.2, 0.25) is 5.91 Å². The average Bonchev–Trinajstić information content (AvgIpc) is 3.30. The Morgan fingerprint density at radius 2 is 2.08 bits per heavy atom. The van der Waals surface area contributed by atoms with Gasteiger partial charge in [-0.1, -0.05) is 12.8 Å². The summed E-state index contributed by atoms with van der Waals surface area (Å²) in [6, 6.07) is 2.45. The van der Waals surface area contributed by atoms with E-state index in [9.17, 15) is 4.79 Å². The summed E-state index contributed by atoms with van der Waals surface area (Å²) < 4.78 is 3.94. The van der Waals surface area contributed by atoms with Crippen LogP contribution in [0.3, 0.4) is 0 Å². The molecule has 1 aliphatic carbocycles. The highest BCUT2D eigenvalue weighted by molar-refractivity contribution is 5.84. The van der Waals surface area contributed by atoms with E-state index in [1.807, 2.05) is 36.6 Å². The topological polar surface area (TPSA) is 68.0 Å². The molecule has 2 aromatic rings. The lowest BCUT2D eigenvalue weighted by molar-refractivity contribution is -0.124. The summed E-state index contributed by atoms with van der Waals surface area (Å²) in [6.45, 7) is 4.28. The van der Waals surface area contributed by atoms with Gasteiger partial charge in [-0.25, -0.2) is 4.98 Å². The molecule has 1 amide bonds. The molecule has 1 saturated carbocycles. The van der Waals surface area contributed by atoms with Crippen LogP contribution in [-0.4, -0.2) is 42.7 Å². The Hall–Kier alpha value is -2.15. The lowest BCUT2D eigenvalue weighted by Gasteiger charge is -2.32. The molecule has 0 bridgehead atoms. The Labute approximate surface area is 154 Å². The molecule has 0 radical (unpaired) electrons. The second-order valence-electron chi connectivity index (χ2n) is 7.80. The monoisotopic (exact) mass is 356 g/mol. The summed E-state index contributed by atoms with van der Waals surface area (Å²) in [5.41, 5.74) is 4.27. The van der Waals surface area contributed by atoms with E-state index in [1.165, 1.54) is 12.8 Å². The highest BCUT2D eigenvalue weighted by atomic mass is 16.2. The SMILES string of the molecule is Cc1cc(CN2Cc3ncn(C)c3[C@H](C(=O)NC3CCCC3)C2)n(C)n1. The minimum atomic E-state index is -0.166. The molecule has 0 unspecified atom stereocenters. The van der Waals surface area contributed by atoms with Gasteiger partial charge >= 0.3 is 0 Å². The van der Waals surface area contributed by atoms with Gasteiger partial charge in [0.15, 0.2) is 0 Å². The third-order valence-electron chi connectivity index (χ3n) is 5.71. The van der Waals surface area contributed by atoms with Crippen LogP contribution < -0.4 is 5.32 Å². The van der Waals surface area contributed by atoms with E-state index in [0.29, 0.717) is 6.04 Å². The van der Waals surface area contributed by atoms with Gasteiger partial charge in [-0.05, 0) is 25.8 Å². The molecular formula is C19H28N6O. The van der Waals surface area contributed by atoms with Crippen molar-refractivity contribution in [1.29, 1.82) is 0 Å². The first kappa shape index (κ1) is 17.3. The number of aromatic nitrogens is 4. The Kier molecular flexibility index (Phi) is 4.56. The lowest BCUT2D eigenvalue weighted by Crippen LogP contribution is -2.44. The second-order valence-corrected chi connectivity index (χ2v) is 7.80. The molecule has 7 heteroatoms. The molecule has 1 N–H and O–H groups in total. The smallest absolute Gasteiger partial charge is 0.230 e. The van der Waals surface area contributed by atoms with E-state index in [2.05, 4.69) is 26.4 Å². The average molecular weight is 356 g/mol. The first-order chi connectivity index (χ1) is 12.5. The fourth-order valence-electron chi connectivity index (χ4n) is 4.42. The highest BCUT2D eigenvalue weighted by Crippen LogP contribution is 2.29. The fourth-order valence-corrected chi connectivity index (χ4v) is 4.42. The van der Waals surface area contributed by atoms with E-state index in [-0.39, 0.29) is 11.8 Å². The van der Waals surface area contributed by atoms with Gasteiger partial charge in [-0.3, -0.25) is 14.4 Å². The molecular weight excluding hydrogens is 328 g/mol. The van der Waals surface area contributed by atoms with Crippen LogP contribution in [0.25, 0.3) is 0 Å². The molecule has 1 fully saturated rings. The minimum absolute atomic E-state index is 0.146. The lowest BCUT2D eigenvalue weighted by atomic mass is 9.96. The van der Waals surface area contributed by atoms with Gasteiger partial charge in [-0.2, -0.15) is 5.10 Å². The number of nitrogens with zero attached hydrogens (tertiary/aromatic N) is 5. The summed E-state index contributed by atoms with van der Waals surface area (Å²) in [7, 11) is 3.96. The zero-order chi connectivity index (χ0) is 18.3. The minimum Gasteiger partial charge on any atom is -0.353 e. The van der Waals surface area contributed by atoms with Crippen molar-refractivity contribution < 1.29 is 4.79 Å². The molecule has 4 rings (SSSR count). The maximum absolute atomic E-state index is 13.0. The van der Waals surface area contributed by atoms with E-state index < -0.39 is 0 Å². The molecule has 1 atom stereocenters. The van der Waals surface area contributed by atoms with Gasteiger partial charge in [0, 0.05) is 39.8 Å². The zero-order valence-electron chi connectivity index (χ0n) is 15.9. The standard InChI is InChI=1S/C19H28N6O/c1-13-8-15(24(3)22-13)9-25-10-16(18-17(11-25)20-12-23(18)2)19(26)21-14-6-4-5-7-14/h8,12,14,16H,4-7,9-11H2,1-3H3,(H,21,26)/t16-/m1/s1.